The Labute approximate surface area is 97.0 Å². The smallest absolute Gasteiger partial charge is 0.295 e. The quantitative estimate of drug-likeness (QED) is 0.692. The summed E-state index contributed by atoms with van der Waals surface area (Å²) in [5.41, 5.74) is 0.195. The van der Waals surface area contributed by atoms with Gasteiger partial charge in [0.1, 0.15) is 0 Å². The van der Waals surface area contributed by atoms with Crippen LogP contribution in [-0.2, 0) is 11.8 Å². The Hall–Kier alpha value is -1.73. The van der Waals surface area contributed by atoms with Gasteiger partial charge in [-0.15, -0.1) is 10.2 Å². The number of hydrogen-bond acceptors (Lipinski definition) is 5. The van der Waals surface area contributed by atoms with E-state index in [1.807, 2.05) is 0 Å². The first-order valence-electron chi connectivity index (χ1n) is 5.49. The average molecular weight is 235 g/mol. The molecule has 7 heteroatoms. The van der Waals surface area contributed by atoms with Gasteiger partial charge in [-0.25, -0.2) is 0 Å². The molecule has 0 bridgehead atoms. The number of nitrogens with one attached hydrogen (secondary N) is 1. The Bertz CT molecular complexity index is 596. The summed E-state index contributed by atoms with van der Waals surface area (Å²) in [4.78, 5) is 11.8. The fourth-order valence-electron chi connectivity index (χ4n) is 1.96. The highest BCUT2D eigenvalue weighted by atomic mass is 16.5. The lowest BCUT2D eigenvalue weighted by Crippen LogP contribution is -2.35. The van der Waals surface area contributed by atoms with E-state index in [1.165, 1.54) is 4.57 Å². The van der Waals surface area contributed by atoms with Crippen molar-refractivity contribution in [2.45, 2.75) is 6.04 Å². The summed E-state index contributed by atoms with van der Waals surface area (Å²) >= 11 is 0. The third kappa shape index (κ3) is 1.63. The summed E-state index contributed by atoms with van der Waals surface area (Å²) in [5, 5.41) is 11.3. The summed E-state index contributed by atoms with van der Waals surface area (Å²) < 4.78 is 8.58. The fourth-order valence-corrected chi connectivity index (χ4v) is 1.96. The molecule has 1 atom stereocenters. The number of hydrogen-bond donors (Lipinski definition) is 1. The van der Waals surface area contributed by atoms with Crippen molar-refractivity contribution >= 4 is 5.65 Å². The highest BCUT2D eigenvalue weighted by Gasteiger charge is 2.21. The van der Waals surface area contributed by atoms with Crippen LogP contribution in [0.5, 0.6) is 0 Å². The lowest BCUT2D eigenvalue weighted by molar-refractivity contribution is 0.0739. The minimum absolute atomic E-state index is 0.00847. The van der Waals surface area contributed by atoms with Crippen molar-refractivity contribution in [1.29, 1.82) is 0 Å². The van der Waals surface area contributed by atoms with Crippen molar-refractivity contribution in [1.82, 2.24) is 24.5 Å². The van der Waals surface area contributed by atoms with Crippen LogP contribution in [0.2, 0.25) is 0 Å². The van der Waals surface area contributed by atoms with Crippen molar-refractivity contribution in [2.75, 3.05) is 19.8 Å². The topological polar surface area (TPSA) is 73.5 Å². The van der Waals surface area contributed by atoms with Crippen molar-refractivity contribution < 1.29 is 4.74 Å². The van der Waals surface area contributed by atoms with E-state index < -0.39 is 0 Å². The van der Waals surface area contributed by atoms with Crippen LogP contribution in [0.1, 0.15) is 11.9 Å². The zero-order valence-corrected chi connectivity index (χ0v) is 9.46. The van der Waals surface area contributed by atoms with Gasteiger partial charge < -0.3 is 14.6 Å². The predicted octanol–water partition coefficient (Wildman–Crippen LogP) is -0.911. The van der Waals surface area contributed by atoms with Crippen molar-refractivity contribution in [3.8, 4) is 0 Å². The molecule has 7 nitrogen and oxygen atoms in total. The molecule has 0 radical (unpaired) electrons. The molecular weight excluding hydrogens is 222 g/mol. The van der Waals surface area contributed by atoms with Crippen LogP contribution >= 0.6 is 0 Å². The molecular formula is C10H13N5O2. The van der Waals surface area contributed by atoms with Crippen molar-refractivity contribution in [3.05, 3.63) is 28.6 Å². The second-order valence-corrected chi connectivity index (χ2v) is 4.05. The molecule has 1 aliphatic rings. The maximum Gasteiger partial charge on any atom is 0.295 e. The minimum Gasteiger partial charge on any atom is -0.378 e. The molecule has 0 saturated carbocycles. The maximum atomic E-state index is 11.8. The zero-order valence-electron chi connectivity index (χ0n) is 9.46. The van der Waals surface area contributed by atoms with E-state index in [0.717, 1.165) is 12.4 Å². The van der Waals surface area contributed by atoms with E-state index in [-0.39, 0.29) is 11.6 Å². The number of fused-ring (bicyclic) bond motifs is 1. The fraction of sp³-hybridized carbons (Fsp3) is 0.500. The number of ether oxygens (including phenoxy) is 1. The monoisotopic (exact) mass is 235 g/mol. The molecule has 3 heterocycles. The molecule has 1 fully saturated rings. The van der Waals surface area contributed by atoms with Crippen molar-refractivity contribution in [3.63, 3.8) is 0 Å². The number of morpholine rings is 1. The first-order valence-corrected chi connectivity index (χ1v) is 5.49. The van der Waals surface area contributed by atoms with Crippen LogP contribution in [-0.4, -0.2) is 38.9 Å². The first kappa shape index (κ1) is 10.4. The lowest BCUT2D eigenvalue weighted by atomic mass is 10.2. The van der Waals surface area contributed by atoms with Gasteiger partial charge in [-0.1, -0.05) is 0 Å². The van der Waals surface area contributed by atoms with Crippen LogP contribution in [0.15, 0.2) is 17.2 Å². The third-order valence-electron chi connectivity index (χ3n) is 2.91. The number of rotatable bonds is 1. The van der Waals surface area contributed by atoms with Crippen LogP contribution in [0.3, 0.4) is 0 Å². The molecule has 1 saturated heterocycles. The standard InChI is InChI=1S/C10H13N5O2/c1-14-3-4-15-8(7-6-17-5-2-11-7)12-13-9(15)10(14)16/h3-4,7,11H,2,5-6H2,1H3. The largest absolute Gasteiger partial charge is 0.378 e. The summed E-state index contributed by atoms with van der Waals surface area (Å²) in [6, 6.07) is -0.00847. The first-order chi connectivity index (χ1) is 8.27. The van der Waals surface area contributed by atoms with Crippen LogP contribution < -0.4 is 10.9 Å². The SMILES string of the molecule is Cn1ccn2c(C3COCCN3)nnc2c1=O. The van der Waals surface area contributed by atoms with Gasteiger partial charge in [0.25, 0.3) is 5.56 Å². The van der Waals surface area contributed by atoms with Gasteiger partial charge in [0.15, 0.2) is 5.82 Å². The Kier molecular flexibility index (Phi) is 2.41. The number of aryl methyl sites for hydroxylation is 1. The molecule has 2 aromatic heterocycles. The van der Waals surface area contributed by atoms with Gasteiger partial charge in [0.05, 0.1) is 19.3 Å². The average Bonchev–Trinajstić information content (AvgIpc) is 2.79. The maximum absolute atomic E-state index is 11.8. The zero-order chi connectivity index (χ0) is 11.8. The van der Waals surface area contributed by atoms with Crippen LogP contribution in [0.25, 0.3) is 5.65 Å². The third-order valence-corrected chi connectivity index (χ3v) is 2.91. The Balaban J connectivity index is 2.12. The van der Waals surface area contributed by atoms with E-state index in [1.54, 1.807) is 23.8 Å². The molecule has 2 aromatic rings. The van der Waals surface area contributed by atoms with Crippen LogP contribution in [0.4, 0.5) is 0 Å². The number of nitrogens with zero attached hydrogens (tertiary/aromatic N) is 4. The summed E-state index contributed by atoms with van der Waals surface area (Å²) in [6.45, 7) is 2.04. The Morgan fingerprint density at radius 2 is 2.35 bits per heavy atom. The molecule has 0 aliphatic carbocycles. The molecule has 0 aromatic carbocycles. The summed E-state index contributed by atoms with van der Waals surface area (Å²) in [7, 11) is 1.69. The van der Waals surface area contributed by atoms with E-state index in [0.29, 0.717) is 18.9 Å². The van der Waals surface area contributed by atoms with Gasteiger partial charge in [-0.05, 0) is 0 Å². The molecule has 3 rings (SSSR count). The van der Waals surface area contributed by atoms with Gasteiger partial charge >= 0.3 is 0 Å². The summed E-state index contributed by atoms with van der Waals surface area (Å²) in [5.74, 6) is 0.720. The molecule has 1 aliphatic heterocycles. The van der Waals surface area contributed by atoms with Crippen LogP contribution in [0, 0.1) is 0 Å². The van der Waals surface area contributed by atoms with Crippen molar-refractivity contribution in [2.24, 2.45) is 7.05 Å². The molecule has 1 unspecified atom stereocenters. The van der Waals surface area contributed by atoms with Gasteiger partial charge in [-0.2, -0.15) is 0 Å². The summed E-state index contributed by atoms with van der Waals surface area (Å²) in [6.07, 6.45) is 3.49. The Morgan fingerprint density at radius 3 is 3.12 bits per heavy atom. The van der Waals surface area contributed by atoms with Gasteiger partial charge in [0.2, 0.25) is 5.65 Å². The Morgan fingerprint density at radius 1 is 1.47 bits per heavy atom. The number of aromatic nitrogens is 4. The van der Waals surface area contributed by atoms with Gasteiger partial charge in [-0.3, -0.25) is 9.20 Å². The molecule has 17 heavy (non-hydrogen) atoms. The molecule has 0 spiro atoms. The van der Waals surface area contributed by atoms with Gasteiger partial charge in [0, 0.05) is 26.0 Å². The van der Waals surface area contributed by atoms with E-state index in [9.17, 15) is 4.79 Å². The minimum atomic E-state index is -0.150. The van der Waals surface area contributed by atoms with E-state index in [4.69, 9.17) is 4.74 Å². The van der Waals surface area contributed by atoms with E-state index >= 15 is 0 Å². The lowest BCUT2D eigenvalue weighted by Gasteiger charge is -2.22. The second kappa shape index (κ2) is 3.94. The molecule has 90 valence electrons. The second-order valence-electron chi connectivity index (χ2n) is 4.05. The molecule has 0 amide bonds. The molecule has 1 N–H and O–H groups in total. The highest BCUT2D eigenvalue weighted by Crippen LogP contribution is 2.13. The normalized spacial score (nSPS) is 20.9. The van der Waals surface area contributed by atoms with E-state index in [2.05, 4.69) is 15.5 Å². The predicted molar refractivity (Wildman–Crippen MR) is 59.8 cm³/mol. The highest BCUT2D eigenvalue weighted by molar-refractivity contribution is 5.35.